The maximum atomic E-state index is 13.0. The van der Waals surface area contributed by atoms with Crippen LogP contribution in [0, 0.1) is 0 Å². The molecule has 1 aliphatic rings. The molecular formula is C52H93NO10. The van der Waals surface area contributed by atoms with Crippen LogP contribution in [-0.4, -0.2) is 100 Å². The van der Waals surface area contributed by atoms with Crippen LogP contribution in [-0.2, 0) is 23.8 Å². The van der Waals surface area contributed by atoms with Gasteiger partial charge in [-0.15, -0.1) is 0 Å². The van der Waals surface area contributed by atoms with E-state index in [9.17, 15) is 35.1 Å². The Morgan fingerprint density at radius 1 is 0.571 bits per heavy atom. The second kappa shape index (κ2) is 42.3. The van der Waals surface area contributed by atoms with E-state index in [1.165, 1.54) is 83.5 Å². The predicted molar refractivity (Wildman–Crippen MR) is 255 cm³/mol. The lowest BCUT2D eigenvalue weighted by Crippen LogP contribution is -2.60. The van der Waals surface area contributed by atoms with Crippen molar-refractivity contribution in [2.24, 2.45) is 0 Å². The third-order valence-electron chi connectivity index (χ3n) is 11.6. The highest BCUT2D eigenvalue weighted by molar-refractivity contribution is 5.76. The second-order valence-electron chi connectivity index (χ2n) is 17.5. The number of hydrogen-bond acceptors (Lipinski definition) is 10. The third kappa shape index (κ3) is 32.9. The van der Waals surface area contributed by atoms with Gasteiger partial charge >= 0.3 is 5.97 Å². The molecule has 0 spiro atoms. The SMILES string of the molecule is CCCC/C=C\CCCCCCCC(=O)OCCCCC/C=C\CCCCCCCC(=O)NC(COC1OC(CO)C(O)C(O)C1O)C(O)/C=C/CC/C=C/CCCCCCCC. The van der Waals surface area contributed by atoms with Gasteiger partial charge in [0, 0.05) is 12.8 Å². The number of amides is 1. The van der Waals surface area contributed by atoms with Crippen molar-refractivity contribution in [2.45, 2.75) is 249 Å². The number of esters is 1. The molecule has 1 rings (SSSR count). The van der Waals surface area contributed by atoms with Gasteiger partial charge in [0.25, 0.3) is 0 Å². The molecule has 0 aromatic rings. The molecule has 63 heavy (non-hydrogen) atoms. The van der Waals surface area contributed by atoms with Crippen LogP contribution in [0.4, 0.5) is 0 Å². The van der Waals surface area contributed by atoms with E-state index in [1.54, 1.807) is 6.08 Å². The summed E-state index contributed by atoms with van der Waals surface area (Å²) >= 11 is 0. The Morgan fingerprint density at radius 2 is 1.05 bits per heavy atom. The summed E-state index contributed by atoms with van der Waals surface area (Å²) < 4.78 is 16.6. The first kappa shape index (κ1) is 58.6. The highest BCUT2D eigenvalue weighted by Gasteiger charge is 2.44. The molecule has 7 unspecified atom stereocenters. The molecule has 0 aromatic carbocycles. The predicted octanol–water partition coefficient (Wildman–Crippen LogP) is 10.2. The molecule has 0 aliphatic carbocycles. The first-order valence-electron chi connectivity index (χ1n) is 25.4. The summed E-state index contributed by atoms with van der Waals surface area (Å²) in [6.07, 6.45) is 40.4. The van der Waals surface area contributed by atoms with Crippen LogP contribution in [0.15, 0.2) is 48.6 Å². The van der Waals surface area contributed by atoms with Crippen molar-refractivity contribution >= 4 is 11.9 Å². The molecule has 1 heterocycles. The van der Waals surface area contributed by atoms with Gasteiger partial charge in [0.05, 0.1) is 32.0 Å². The van der Waals surface area contributed by atoms with Gasteiger partial charge in [0.1, 0.15) is 24.4 Å². The van der Waals surface area contributed by atoms with E-state index in [-0.39, 0.29) is 18.5 Å². The molecule has 0 saturated carbocycles. The number of carbonyl (C=O) groups is 2. The van der Waals surface area contributed by atoms with Crippen LogP contribution >= 0.6 is 0 Å². The molecule has 1 amide bonds. The van der Waals surface area contributed by atoms with E-state index in [4.69, 9.17) is 14.2 Å². The van der Waals surface area contributed by atoms with Crippen LogP contribution in [0.25, 0.3) is 0 Å². The molecule has 0 aromatic heterocycles. The van der Waals surface area contributed by atoms with Gasteiger partial charge in [0.15, 0.2) is 6.29 Å². The van der Waals surface area contributed by atoms with Crippen LogP contribution in [0.2, 0.25) is 0 Å². The summed E-state index contributed by atoms with van der Waals surface area (Å²) in [5, 5.41) is 54.1. The third-order valence-corrected chi connectivity index (χ3v) is 11.6. The zero-order valence-electron chi connectivity index (χ0n) is 39.8. The molecule has 1 aliphatic heterocycles. The summed E-state index contributed by atoms with van der Waals surface area (Å²) in [7, 11) is 0. The van der Waals surface area contributed by atoms with E-state index >= 15 is 0 Å². The summed E-state index contributed by atoms with van der Waals surface area (Å²) in [5.41, 5.74) is 0. The minimum atomic E-state index is -1.59. The standard InChI is InChI=1S/C52H93NO10/c1-3-5-7-9-11-13-15-19-22-26-30-34-38-45(55)44(43-62-52-51(60)50(59)49(58)46(42-54)63-52)53-47(56)39-35-31-27-23-20-16-17-21-25-29-33-37-41-61-48(57)40-36-32-28-24-18-14-12-10-8-6-4-2/h10,12,17,19,21-22,34,38,44-46,49-52,54-55,58-60H,3-9,11,13-16,18,20,23-33,35-37,39-43H2,1-2H3,(H,53,56)/b12-10-,21-17-,22-19+,38-34+. The van der Waals surface area contributed by atoms with E-state index in [1.807, 2.05) is 6.08 Å². The number of carbonyl (C=O) groups excluding carboxylic acids is 2. The van der Waals surface area contributed by atoms with Crippen LogP contribution in [0.5, 0.6) is 0 Å². The van der Waals surface area contributed by atoms with Crippen LogP contribution < -0.4 is 5.32 Å². The topological polar surface area (TPSA) is 175 Å². The lowest BCUT2D eigenvalue weighted by molar-refractivity contribution is -0.302. The molecule has 11 heteroatoms. The first-order chi connectivity index (χ1) is 30.7. The van der Waals surface area contributed by atoms with E-state index in [2.05, 4.69) is 55.6 Å². The zero-order valence-corrected chi connectivity index (χ0v) is 39.8. The Hall–Kier alpha value is -2.38. The molecule has 7 atom stereocenters. The fraction of sp³-hybridized carbons (Fsp3) is 0.808. The lowest BCUT2D eigenvalue weighted by atomic mass is 9.99. The minimum Gasteiger partial charge on any atom is -0.466 e. The number of aliphatic hydroxyl groups excluding tert-OH is 5. The van der Waals surface area contributed by atoms with Gasteiger partial charge < -0.3 is 45.1 Å². The maximum absolute atomic E-state index is 13.0. The van der Waals surface area contributed by atoms with Crippen molar-refractivity contribution in [3.05, 3.63) is 48.6 Å². The van der Waals surface area contributed by atoms with Crippen LogP contribution in [0.3, 0.4) is 0 Å². The highest BCUT2D eigenvalue weighted by atomic mass is 16.7. The molecule has 1 saturated heterocycles. The van der Waals surface area contributed by atoms with Crippen molar-refractivity contribution in [3.63, 3.8) is 0 Å². The number of ether oxygens (including phenoxy) is 3. The van der Waals surface area contributed by atoms with Crippen molar-refractivity contribution in [3.8, 4) is 0 Å². The summed E-state index contributed by atoms with van der Waals surface area (Å²) in [4.78, 5) is 25.0. The molecule has 0 radical (unpaired) electrons. The summed E-state index contributed by atoms with van der Waals surface area (Å²) in [6, 6.07) is -0.846. The molecule has 11 nitrogen and oxygen atoms in total. The number of allylic oxidation sites excluding steroid dienone is 7. The lowest BCUT2D eigenvalue weighted by Gasteiger charge is -2.40. The monoisotopic (exact) mass is 892 g/mol. The van der Waals surface area contributed by atoms with Crippen molar-refractivity contribution in [1.82, 2.24) is 5.32 Å². The number of aliphatic hydroxyl groups is 5. The van der Waals surface area contributed by atoms with Crippen molar-refractivity contribution in [2.75, 3.05) is 19.8 Å². The Labute approximate surface area is 383 Å². The molecular weight excluding hydrogens is 799 g/mol. The molecule has 366 valence electrons. The average molecular weight is 892 g/mol. The Balaban J connectivity index is 2.24. The number of hydrogen-bond donors (Lipinski definition) is 6. The molecule has 1 fully saturated rings. The zero-order chi connectivity index (χ0) is 46.0. The largest absolute Gasteiger partial charge is 0.466 e. The van der Waals surface area contributed by atoms with E-state index in [0.717, 1.165) is 89.9 Å². The number of unbranched alkanes of at least 4 members (excludes halogenated alkanes) is 22. The quantitative estimate of drug-likeness (QED) is 0.0197. The number of rotatable bonds is 42. The van der Waals surface area contributed by atoms with Gasteiger partial charge in [-0.2, -0.15) is 0 Å². The molecule has 0 bridgehead atoms. The second-order valence-corrected chi connectivity index (χ2v) is 17.5. The van der Waals surface area contributed by atoms with E-state index < -0.39 is 49.5 Å². The van der Waals surface area contributed by atoms with Gasteiger partial charge in [0.2, 0.25) is 5.91 Å². The fourth-order valence-corrected chi connectivity index (χ4v) is 7.48. The van der Waals surface area contributed by atoms with Crippen molar-refractivity contribution in [1.29, 1.82) is 0 Å². The van der Waals surface area contributed by atoms with Crippen molar-refractivity contribution < 1.29 is 49.3 Å². The van der Waals surface area contributed by atoms with Gasteiger partial charge in [-0.05, 0) is 96.3 Å². The summed E-state index contributed by atoms with van der Waals surface area (Å²) in [5.74, 6) is -0.281. The number of nitrogens with one attached hydrogen (secondary N) is 1. The Kier molecular flexibility index (Phi) is 39.3. The highest BCUT2D eigenvalue weighted by Crippen LogP contribution is 2.22. The van der Waals surface area contributed by atoms with E-state index in [0.29, 0.717) is 25.9 Å². The average Bonchev–Trinajstić information content (AvgIpc) is 3.28. The van der Waals surface area contributed by atoms with Crippen LogP contribution in [0.1, 0.15) is 206 Å². The fourth-order valence-electron chi connectivity index (χ4n) is 7.48. The van der Waals surface area contributed by atoms with Gasteiger partial charge in [-0.1, -0.05) is 146 Å². The first-order valence-corrected chi connectivity index (χ1v) is 25.4. The van der Waals surface area contributed by atoms with Gasteiger partial charge in [-0.25, -0.2) is 0 Å². The Bertz CT molecular complexity index is 1190. The van der Waals surface area contributed by atoms with Gasteiger partial charge in [-0.3, -0.25) is 9.59 Å². The molecule has 6 N–H and O–H groups in total. The minimum absolute atomic E-state index is 0.0601. The Morgan fingerprint density at radius 3 is 1.62 bits per heavy atom. The smallest absolute Gasteiger partial charge is 0.305 e. The summed E-state index contributed by atoms with van der Waals surface area (Å²) in [6.45, 7) is 4.16. The maximum Gasteiger partial charge on any atom is 0.305 e. The normalized spacial score (nSPS) is 20.4.